The maximum atomic E-state index is 14.4. The number of anilines is 1. The summed E-state index contributed by atoms with van der Waals surface area (Å²) < 4.78 is 21.1. The first-order valence-electron chi connectivity index (χ1n) is 7.45. The lowest BCUT2D eigenvalue weighted by Gasteiger charge is -2.29. The van der Waals surface area contributed by atoms with Gasteiger partial charge in [-0.05, 0) is 25.5 Å². The molecule has 0 aliphatic carbocycles. The molecule has 7 heteroatoms. The Labute approximate surface area is 132 Å². The topological polar surface area (TPSA) is 64.4 Å². The van der Waals surface area contributed by atoms with Gasteiger partial charge in [0.15, 0.2) is 5.78 Å². The lowest BCUT2D eigenvalue weighted by molar-refractivity contribution is 0.101. The Kier molecular flexibility index (Phi) is 3.89. The molecule has 0 radical (unpaired) electrons. The van der Waals surface area contributed by atoms with Crippen molar-refractivity contribution in [2.24, 2.45) is 7.05 Å². The van der Waals surface area contributed by atoms with Crippen LogP contribution >= 0.6 is 0 Å². The number of ketones is 1. The highest BCUT2D eigenvalue weighted by Gasteiger charge is 2.22. The van der Waals surface area contributed by atoms with Crippen molar-refractivity contribution in [3.05, 3.63) is 33.4 Å². The molecule has 0 atom stereocenters. The molecule has 0 bridgehead atoms. The summed E-state index contributed by atoms with van der Waals surface area (Å²) in [7, 11) is 1.63. The van der Waals surface area contributed by atoms with E-state index in [2.05, 4.69) is 4.98 Å². The van der Waals surface area contributed by atoms with Crippen molar-refractivity contribution < 1.29 is 13.9 Å². The molecule has 1 saturated heterocycles. The molecule has 2 aromatic rings. The number of hydrogen-bond donors (Lipinski definition) is 0. The molecule has 1 aliphatic rings. The molecule has 1 aliphatic heterocycles. The van der Waals surface area contributed by atoms with Crippen LogP contribution in [0.4, 0.5) is 10.3 Å². The second kappa shape index (κ2) is 5.73. The SMILES string of the molecule is CC(=O)c1c(F)c(C)cc2c(=O)n(C)c(N3CCOCC3)nc12. The predicted octanol–water partition coefficient (Wildman–Crippen LogP) is 1.42. The molecule has 1 fully saturated rings. The van der Waals surface area contributed by atoms with E-state index in [1.807, 2.05) is 4.90 Å². The molecule has 1 aromatic heterocycles. The molecule has 0 N–H and O–H groups in total. The number of rotatable bonds is 2. The lowest BCUT2D eigenvalue weighted by atomic mass is 10.0. The van der Waals surface area contributed by atoms with Crippen LogP contribution in [-0.4, -0.2) is 41.6 Å². The van der Waals surface area contributed by atoms with E-state index >= 15 is 0 Å². The summed E-state index contributed by atoms with van der Waals surface area (Å²) in [6.07, 6.45) is 0. The minimum absolute atomic E-state index is 0.118. The number of carbonyl (C=O) groups is 1. The molecular weight excluding hydrogens is 301 g/mol. The monoisotopic (exact) mass is 319 g/mol. The third kappa shape index (κ3) is 2.50. The third-order valence-corrected chi connectivity index (χ3v) is 4.11. The lowest BCUT2D eigenvalue weighted by Crippen LogP contribution is -2.40. The van der Waals surface area contributed by atoms with Gasteiger partial charge in [0.05, 0.1) is 29.7 Å². The van der Waals surface area contributed by atoms with Gasteiger partial charge in [-0.1, -0.05) is 0 Å². The van der Waals surface area contributed by atoms with Crippen molar-refractivity contribution in [3.8, 4) is 0 Å². The summed E-state index contributed by atoms with van der Waals surface area (Å²) in [6, 6.07) is 1.45. The quantitative estimate of drug-likeness (QED) is 0.783. The van der Waals surface area contributed by atoms with Crippen molar-refractivity contribution in [1.29, 1.82) is 0 Å². The molecule has 2 heterocycles. The summed E-state index contributed by atoms with van der Waals surface area (Å²) in [4.78, 5) is 30.9. The molecule has 0 unspecified atom stereocenters. The fourth-order valence-electron chi connectivity index (χ4n) is 2.88. The van der Waals surface area contributed by atoms with E-state index in [4.69, 9.17) is 4.74 Å². The number of halogens is 1. The number of benzene rings is 1. The smallest absolute Gasteiger partial charge is 0.262 e. The van der Waals surface area contributed by atoms with Crippen LogP contribution in [0.15, 0.2) is 10.9 Å². The van der Waals surface area contributed by atoms with Gasteiger partial charge in [-0.2, -0.15) is 0 Å². The zero-order valence-electron chi connectivity index (χ0n) is 13.4. The normalized spacial score (nSPS) is 15.2. The Hall–Kier alpha value is -2.28. The van der Waals surface area contributed by atoms with Crippen LogP contribution in [-0.2, 0) is 11.8 Å². The molecular formula is C16H18FN3O3. The van der Waals surface area contributed by atoms with Crippen LogP contribution in [0.5, 0.6) is 0 Å². The number of aryl methyl sites for hydroxylation is 1. The number of fused-ring (bicyclic) bond motifs is 1. The van der Waals surface area contributed by atoms with E-state index in [1.54, 1.807) is 7.05 Å². The van der Waals surface area contributed by atoms with Crippen LogP contribution in [0.3, 0.4) is 0 Å². The van der Waals surface area contributed by atoms with Gasteiger partial charge < -0.3 is 9.64 Å². The molecule has 23 heavy (non-hydrogen) atoms. The van der Waals surface area contributed by atoms with Crippen LogP contribution in [0.1, 0.15) is 22.8 Å². The summed E-state index contributed by atoms with van der Waals surface area (Å²) in [5.41, 5.74) is -0.0137. The molecule has 0 spiro atoms. The van der Waals surface area contributed by atoms with Gasteiger partial charge in [-0.3, -0.25) is 14.2 Å². The predicted molar refractivity (Wildman–Crippen MR) is 84.7 cm³/mol. The van der Waals surface area contributed by atoms with E-state index in [0.29, 0.717) is 32.3 Å². The summed E-state index contributed by atoms with van der Waals surface area (Å²) in [6.45, 7) is 5.08. The first kappa shape index (κ1) is 15.6. The maximum absolute atomic E-state index is 14.4. The minimum atomic E-state index is -0.612. The Bertz CT molecular complexity index is 854. The molecule has 0 amide bonds. The van der Waals surface area contributed by atoms with Gasteiger partial charge >= 0.3 is 0 Å². The fourth-order valence-corrected chi connectivity index (χ4v) is 2.88. The highest BCUT2D eigenvalue weighted by molar-refractivity contribution is 6.06. The van der Waals surface area contributed by atoms with Crippen LogP contribution in [0.25, 0.3) is 10.9 Å². The van der Waals surface area contributed by atoms with Crippen molar-refractivity contribution in [2.75, 3.05) is 31.2 Å². The summed E-state index contributed by atoms with van der Waals surface area (Å²) >= 11 is 0. The summed E-state index contributed by atoms with van der Waals surface area (Å²) in [5.74, 6) is -0.625. The van der Waals surface area contributed by atoms with Gasteiger partial charge in [-0.15, -0.1) is 0 Å². The number of Topliss-reactive ketones (excluding diaryl/α,β-unsaturated/α-hetero) is 1. The standard InChI is InChI=1S/C16H18FN3O3/c1-9-8-11-14(12(10(2)21)13(9)17)18-16(19(3)15(11)22)20-4-6-23-7-5-20/h8H,4-7H2,1-3H3. The highest BCUT2D eigenvalue weighted by Crippen LogP contribution is 2.24. The van der Waals surface area contributed by atoms with Crippen LogP contribution < -0.4 is 10.5 Å². The van der Waals surface area contributed by atoms with Crippen LogP contribution in [0, 0.1) is 12.7 Å². The average Bonchev–Trinajstić information content (AvgIpc) is 2.53. The Morgan fingerprint density at radius 2 is 2.00 bits per heavy atom. The second-order valence-electron chi connectivity index (χ2n) is 5.71. The Morgan fingerprint density at radius 3 is 2.61 bits per heavy atom. The zero-order valence-corrected chi connectivity index (χ0v) is 13.4. The second-order valence-corrected chi connectivity index (χ2v) is 5.71. The number of ether oxygens (including phenoxy) is 1. The van der Waals surface area contributed by atoms with Gasteiger partial charge in [0.2, 0.25) is 5.95 Å². The third-order valence-electron chi connectivity index (χ3n) is 4.11. The van der Waals surface area contributed by atoms with E-state index in [1.165, 1.54) is 24.5 Å². The first-order valence-corrected chi connectivity index (χ1v) is 7.45. The molecule has 122 valence electrons. The van der Waals surface area contributed by atoms with E-state index in [9.17, 15) is 14.0 Å². The molecule has 0 saturated carbocycles. The summed E-state index contributed by atoms with van der Waals surface area (Å²) in [5, 5.41) is 0.258. The molecule has 6 nitrogen and oxygen atoms in total. The van der Waals surface area contributed by atoms with Crippen molar-refractivity contribution in [3.63, 3.8) is 0 Å². The number of hydrogen-bond acceptors (Lipinski definition) is 5. The van der Waals surface area contributed by atoms with E-state index in [0.717, 1.165) is 0 Å². The van der Waals surface area contributed by atoms with Crippen molar-refractivity contribution in [1.82, 2.24) is 9.55 Å². The van der Waals surface area contributed by atoms with E-state index < -0.39 is 11.6 Å². The highest BCUT2D eigenvalue weighted by atomic mass is 19.1. The average molecular weight is 319 g/mol. The van der Waals surface area contributed by atoms with Crippen molar-refractivity contribution in [2.45, 2.75) is 13.8 Å². The number of nitrogens with zero attached hydrogens (tertiary/aromatic N) is 3. The van der Waals surface area contributed by atoms with Gasteiger partial charge in [-0.25, -0.2) is 9.37 Å². The maximum Gasteiger partial charge on any atom is 0.262 e. The number of carbonyl (C=O) groups excluding carboxylic acids is 1. The largest absolute Gasteiger partial charge is 0.378 e. The first-order chi connectivity index (χ1) is 10.9. The van der Waals surface area contributed by atoms with Gasteiger partial charge in [0, 0.05) is 20.1 Å². The fraction of sp³-hybridized carbons (Fsp3) is 0.438. The van der Waals surface area contributed by atoms with Crippen molar-refractivity contribution >= 4 is 22.6 Å². The number of morpholine rings is 1. The Morgan fingerprint density at radius 1 is 1.35 bits per heavy atom. The molecule has 1 aromatic carbocycles. The van der Waals surface area contributed by atoms with E-state index in [-0.39, 0.29) is 27.6 Å². The van der Waals surface area contributed by atoms with Crippen LogP contribution in [0.2, 0.25) is 0 Å². The Balaban J connectivity index is 2.35. The van der Waals surface area contributed by atoms with Gasteiger partial charge in [0.1, 0.15) is 5.82 Å². The zero-order chi connectivity index (χ0) is 16.7. The minimum Gasteiger partial charge on any atom is -0.378 e. The number of aromatic nitrogens is 2. The molecule has 3 rings (SSSR count). The van der Waals surface area contributed by atoms with Gasteiger partial charge in [0.25, 0.3) is 5.56 Å².